The number of hydrogen-bond acceptors (Lipinski definition) is 7. The molecule has 0 amide bonds. The molecule has 7 nitrogen and oxygen atoms in total. The summed E-state index contributed by atoms with van der Waals surface area (Å²) in [5.74, 6) is -1.97. The van der Waals surface area contributed by atoms with Crippen molar-refractivity contribution in [2.75, 3.05) is 20.7 Å². The average Bonchev–Trinajstić information content (AvgIpc) is 3.00. The second-order valence-electron chi connectivity index (χ2n) is 10.6. The number of halogens is 2. The molecule has 1 aliphatic rings. The number of ether oxygens (including phenoxy) is 3. The first-order valence-electron chi connectivity index (χ1n) is 14.0. The molecular formula is C34H33F2N3O4. The van der Waals surface area contributed by atoms with E-state index in [4.69, 9.17) is 24.2 Å². The molecular weight excluding hydrogens is 552 g/mol. The molecule has 9 heteroatoms. The Morgan fingerprint density at radius 1 is 1.02 bits per heavy atom. The van der Waals surface area contributed by atoms with E-state index in [2.05, 4.69) is 0 Å². The van der Waals surface area contributed by atoms with Crippen LogP contribution in [0.4, 0.5) is 8.78 Å². The third-order valence-electron chi connectivity index (χ3n) is 7.51. The minimum absolute atomic E-state index is 0.0112. The predicted octanol–water partition coefficient (Wildman–Crippen LogP) is 7.30. The normalized spacial score (nSPS) is 18.1. The number of aliphatic imine (C=N–C) groups is 1. The van der Waals surface area contributed by atoms with E-state index in [1.807, 2.05) is 79.7 Å². The fourth-order valence-electron chi connectivity index (χ4n) is 5.13. The molecule has 2 unspecified atom stereocenters. The van der Waals surface area contributed by atoms with Crippen LogP contribution in [0.5, 0.6) is 11.6 Å². The summed E-state index contributed by atoms with van der Waals surface area (Å²) in [6.45, 7) is 5.24. The first-order valence-corrected chi connectivity index (χ1v) is 14.0. The number of dihydropyridines is 1. The number of hydrogen-bond donors (Lipinski definition) is 0. The highest BCUT2D eigenvalue weighted by atomic mass is 19.2. The zero-order valence-electron chi connectivity index (χ0n) is 24.7. The Morgan fingerprint density at radius 2 is 1.74 bits per heavy atom. The minimum Gasteiger partial charge on any atom is -0.490 e. The van der Waals surface area contributed by atoms with Crippen LogP contribution in [0, 0.1) is 24.0 Å². The smallest absolute Gasteiger partial charge is 0.322 e. The molecule has 4 aromatic rings. The quantitative estimate of drug-likeness (QED) is 0.192. The second-order valence-corrected chi connectivity index (χ2v) is 10.6. The highest BCUT2D eigenvalue weighted by Gasteiger charge is 2.53. The molecule has 43 heavy (non-hydrogen) atoms. The van der Waals surface area contributed by atoms with Crippen molar-refractivity contribution in [1.82, 2.24) is 9.88 Å². The molecule has 0 fully saturated rings. The third kappa shape index (κ3) is 5.67. The zero-order chi connectivity index (χ0) is 30.7. The Bertz CT molecular complexity index is 1720. The summed E-state index contributed by atoms with van der Waals surface area (Å²) in [4.78, 5) is 25.4. The lowest BCUT2D eigenvalue weighted by atomic mass is 9.74. The number of nitrogens with zero attached hydrogens (tertiary/aromatic N) is 3. The van der Waals surface area contributed by atoms with Crippen LogP contribution in [-0.4, -0.2) is 42.8 Å². The highest BCUT2D eigenvalue weighted by molar-refractivity contribution is 5.90. The van der Waals surface area contributed by atoms with Crippen molar-refractivity contribution in [3.05, 3.63) is 113 Å². The van der Waals surface area contributed by atoms with Crippen molar-refractivity contribution in [3.8, 4) is 11.6 Å². The maximum atomic E-state index is 14.5. The zero-order valence-corrected chi connectivity index (χ0v) is 24.7. The SMILES string of the molecule is CCOC(=O)C1(C)C(OCc2ccccc2)=C(N(C)C)C=NC1c1cc2ccccc2nc1Oc1ccc(F)c(F)c1C. The Labute approximate surface area is 249 Å². The number of allylic oxidation sites excluding steroid dienone is 1. The number of carbonyl (C=O) groups excluding carboxylic acids is 1. The van der Waals surface area contributed by atoms with E-state index in [9.17, 15) is 13.6 Å². The van der Waals surface area contributed by atoms with Crippen LogP contribution in [0.1, 0.15) is 36.6 Å². The van der Waals surface area contributed by atoms with Crippen molar-refractivity contribution in [2.24, 2.45) is 10.4 Å². The topological polar surface area (TPSA) is 73.3 Å². The Kier molecular flexibility index (Phi) is 8.43. The fourth-order valence-corrected chi connectivity index (χ4v) is 5.13. The number of fused-ring (bicyclic) bond motifs is 1. The maximum Gasteiger partial charge on any atom is 0.322 e. The molecule has 0 N–H and O–H groups in total. The summed E-state index contributed by atoms with van der Waals surface area (Å²) in [5.41, 5.74) is 1.13. The molecule has 2 heterocycles. The van der Waals surface area contributed by atoms with Gasteiger partial charge in [0.15, 0.2) is 17.0 Å². The van der Waals surface area contributed by atoms with Crippen molar-refractivity contribution >= 4 is 23.1 Å². The van der Waals surface area contributed by atoms with Gasteiger partial charge in [-0.05, 0) is 50.6 Å². The summed E-state index contributed by atoms with van der Waals surface area (Å²) in [6.07, 6.45) is 1.66. The van der Waals surface area contributed by atoms with E-state index in [0.717, 1.165) is 17.0 Å². The Hall–Kier alpha value is -4.79. The first kappa shape index (κ1) is 29.7. The van der Waals surface area contributed by atoms with E-state index in [0.29, 0.717) is 22.5 Å². The number of rotatable bonds is 9. The second kappa shape index (κ2) is 12.2. The first-order chi connectivity index (χ1) is 20.6. The molecule has 0 bridgehead atoms. The number of benzene rings is 3. The molecule has 0 saturated carbocycles. The highest BCUT2D eigenvalue weighted by Crippen LogP contribution is 2.51. The lowest BCUT2D eigenvalue weighted by molar-refractivity contribution is -0.156. The van der Waals surface area contributed by atoms with Crippen LogP contribution in [-0.2, 0) is 20.9 Å². The van der Waals surface area contributed by atoms with Crippen LogP contribution in [0.15, 0.2) is 89.2 Å². The Morgan fingerprint density at radius 3 is 2.47 bits per heavy atom. The van der Waals surface area contributed by atoms with Crippen LogP contribution < -0.4 is 4.74 Å². The van der Waals surface area contributed by atoms with Gasteiger partial charge in [-0.3, -0.25) is 9.79 Å². The van der Waals surface area contributed by atoms with Gasteiger partial charge in [-0.15, -0.1) is 0 Å². The summed E-state index contributed by atoms with van der Waals surface area (Å²) < 4.78 is 46.8. The van der Waals surface area contributed by atoms with Gasteiger partial charge in [0, 0.05) is 36.8 Å². The summed E-state index contributed by atoms with van der Waals surface area (Å²) in [5, 5.41) is 0.780. The molecule has 1 aliphatic heterocycles. The molecule has 0 aliphatic carbocycles. The standard InChI is InChI=1S/C34H33F2N3O4/c1-6-41-33(40)34(3)30(37-19-27(39(4)5)31(34)42-20-22-12-8-7-9-13-22)24-18-23-14-10-11-15-26(23)38-32(24)43-28-17-16-25(35)29(36)21(28)2/h7-19,30H,6,20H2,1-5H3. The number of para-hydroxylation sites is 1. The van der Waals surface area contributed by atoms with E-state index in [1.165, 1.54) is 13.0 Å². The summed E-state index contributed by atoms with van der Waals surface area (Å²) in [7, 11) is 3.69. The van der Waals surface area contributed by atoms with Crippen molar-refractivity contribution < 1.29 is 27.8 Å². The van der Waals surface area contributed by atoms with Gasteiger partial charge < -0.3 is 19.1 Å². The molecule has 0 spiro atoms. The number of pyridine rings is 1. The van der Waals surface area contributed by atoms with Gasteiger partial charge >= 0.3 is 5.97 Å². The number of aromatic nitrogens is 1. The van der Waals surface area contributed by atoms with Gasteiger partial charge in [0.05, 0.1) is 17.8 Å². The molecule has 222 valence electrons. The van der Waals surface area contributed by atoms with Crippen LogP contribution in [0.2, 0.25) is 0 Å². The minimum atomic E-state index is -1.45. The molecule has 2 atom stereocenters. The van der Waals surface area contributed by atoms with Gasteiger partial charge in [0.25, 0.3) is 0 Å². The number of esters is 1. The van der Waals surface area contributed by atoms with E-state index in [1.54, 1.807) is 20.1 Å². The molecule has 3 aromatic carbocycles. The van der Waals surface area contributed by atoms with Crippen LogP contribution >= 0.6 is 0 Å². The maximum absolute atomic E-state index is 14.5. The third-order valence-corrected chi connectivity index (χ3v) is 7.51. The molecule has 1 aromatic heterocycles. The van der Waals surface area contributed by atoms with E-state index >= 15 is 0 Å². The van der Waals surface area contributed by atoms with Gasteiger partial charge in [0.1, 0.15) is 24.2 Å². The van der Waals surface area contributed by atoms with Crippen molar-refractivity contribution in [2.45, 2.75) is 33.4 Å². The van der Waals surface area contributed by atoms with Crippen molar-refractivity contribution in [3.63, 3.8) is 0 Å². The van der Waals surface area contributed by atoms with E-state index < -0.39 is 29.1 Å². The largest absolute Gasteiger partial charge is 0.490 e. The summed E-state index contributed by atoms with van der Waals surface area (Å²) in [6, 6.07) is 20.3. The monoisotopic (exact) mass is 585 g/mol. The Balaban J connectivity index is 1.69. The summed E-state index contributed by atoms with van der Waals surface area (Å²) >= 11 is 0. The fraction of sp³-hybridized carbons (Fsp3) is 0.265. The van der Waals surface area contributed by atoms with Gasteiger partial charge in [-0.1, -0.05) is 48.5 Å². The van der Waals surface area contributed by atoms with Crippen LogP contribution in [0.25, 0.3) is 10.9 Å². The molecule has 0 saturated heterocycles. The van der Waals surface area contributed by atoms with E-state index in [-0.39, 0.29) is 30.4 Å². The molecule has 0 radical (unpaired) electrons. The number of carbonyl (C=O) groups is 1. The predicted molar refractivity (Wildman–Crippen MR) is 161 cm³/mol. The van der Waals surface area contributed by atoms with Gasteiger partial charge in [0.2, 0.25) is 5.88 Å². The lowest BCUT2D eigenvalue weighted by Gasteiger charge is -2.39. The van der Waals surface area contributed by atoms with Crippen molar-refractivity contribution in [1.29, 1.82) is 0 Å². The molecule has 5 rings (SSSR count). The average molecular weight is 586 g/mol. The van der Waals surface area contributed by atoms with Gasteiger partial charge in [-0.25, -0.2) is 13.8 Å². The van der Waals surface area contributed by atoms with Gasteiger partial charge in [-0.2, -0.15) is 0 Å². The van der Waals surface area contributed by atoms with Crippen LogP contribution in [0.3, 0.4) is 0 Å². The lowest BCUT2D eigenvalue weighted by Crippen LogP contribution is -2.42.